The van der Waals surface area contributed by atoms with Crippen molar-refractivity contribution < 1.29 is 33.3 Å². The predicted octanol–water partition coefficient (Wildman–Crippen LogP) is 4.67. The third-order valence-electron chi connectivity index (χ3n) is 6.46. The minimum atomic E-state index is -1.80. The first-order chi connectivity index (χ1) is 17.9. The first kappa shape index (κ1) is 25.6. The van der Waals surface area contributed by atoms with Crippen LogP contribution in [0.5, 0.6) is 23.0 Å². The molecule has 0 N–H and O–H groups in total. The quantitative estimate of drug-likeness (QED) is 0.390. The molecule has 0 saturated carbocycles. The van der Waals surface area contributed by atoms with Crippen molar-refractivity contribution in [2.24, 2.45) is 5.92 Å². The summed E-state index contributed by atoms with van der Waals surface area (Å²) >= 11 is 0. The highest BCUT2D eigenvalue weighted by molar-refractivity contribution is 6.11. The molecule has 0 bridgehead atoms. The van der Waals surface area contributed by atoms with E-state index in [4.69, 9.17) is 23.7 Å². The molecule has 3 aromatic rings. The normalized spacial score (nSPS) is 17.5. The Morgan fingerprint density at radius 1 is 0.973 bits per heavy atom. The van der Waals surface area contributed by atoms with E-state index in [1.807, 2.05) is 6.07 Å². The summed E-state index contributed by atoms with van der Waals surface area (Å²) in [6, 6.07) is 20.9. The molecule has 1 aliphatic rings. The molecular weight excluding hydrogens is 474 g/mol. The number of nitriles is 1. The van der Waals surface area contributed by atoms with Gasteiger partial charge in [-0.3, -0.25) is 9.59 Å². The first-order valence-electron chi connectivity index (χ1n) is 11.7. The number of esters is 1. The predicted molar refractivity (Wildman–Crippen MR) is 134 cm³/mol. The standard InChI is InChI=1S/C29H27NO7/c1-5-36-28(32)22(17-30)26(18-9-7-6-8-10-18)29(19-11-13-20(33-2)14-12-19)27(31)25-23(35-4)15-21(34-3)16-24(25)37-29/h6-16,22,26H,5H2,1-4H3/t22?,26?,29-/m0/s1. The Morgan fingerprint density at radius 2 is 1.65 bits per heavy atom. The minimum Gasteiger partial charge on any atom is -0.497 e. The topological polar surface area (TPSA) is 104 Å². The summed E-state index contributed by atoms with van der Waals surface area (Å²) in [6.45, 7) is 1.74. The molecular formula is C29H27NO7. The van der Waals surface area contributed by atoms with Gasteiger partial charge in [0.25, 0.3) is 0 Å². The zero-order chi connectivity index (χ0) is 26.6. The maximum atomic E-state index is 14.5. The number of Topliss-reactive ketones (excluding diaryl/α,β-unsaturated/α-hetero) is 1. The van der Waals surface area contributed by atoms with Crippen LogP contribution in [-0.4, -0.2) is 39.7 Å². The number of ether oxygens (including phenoxy) is 5. The van der Waals surface area contributed by atoms with Gasteiger partial charge in [-0.1, -0.05) is 42.5 Å². The van der Waals surface area contributed by atoms with Gasteiger partial charge in [-0.2, -0.15) is 5.26 Å². The molecule has 0 fully saturated rings. The summed E-state index contributed by atoms with van der Waals surface area (Å²) in [5, 5.41) is 10.3. The van der Waals surface area contributed by atoms with Gasteiger partial charge in [0.1, 0.15) is 28.6 Å². The van der Waals surface area contributed by atoms with E-state index in [-0.39, 0.29) is 23.7 Å². The second-order valence-electron chi connectivity index (χ2n) is 8.35. The fourth-order valence-electron chi connectivity index (χ4n) is 4.78. The molecule has 1 heterocycles. The molecule has 3 aromatic carbocycles. The molecule has 8 nitrogen and oxygen atoms in total. The number of nitrogens with zero attached hydrogens (tertiary/aromatic N) is 1. The average molecular weight is 502 g/mol. The van der Waals surface area contributed by atoms with Gasteiger partial charge in [0, 0.05) is 17.7 Å². The van der Waals surface area contributed by atoms with E-state index in [1.54, 1.807) is 67.6 Å². The van der Waals surface area contributed by atoms with E-state index < -0.39 is 29.2 Å². The Bertz CT molecular complexity index is 1330. The molecule has 1 aliphatic heterocycles. The monoisotopic (exact) mass is 501 g/mol. The number of methoxy groups -OCH3 is 3. The lowest BCUT2D eigenvalue weighted by atomic mass is 9.68. The summed E-state index contributed by atoms with van der Waals surface area (Å²) in [4.78, 5) is 27.7. The number of hydrogen-bond acceptors (Lipinski definition) is 8. The zero-order valence-electron chi connectivity index (χ0n) is 21.0. The Hall–Kier alpha value is -4.51. The number of fused-ring (bicyclic) bond motifs is 1. The zero-order valence-corrected chi connectivity index (χ0v) is 21.0. The van der Waals surface area contributed by atoms with Crippen LogP contribution in [0.1, 0.15) is 34.3 Å². The van der Waals surface area contributed by atoms with Crippen molar-refractivity contribution in [3.8, 4) is 29.1 Å². The summed E-state index contributed by atoms with van der Waals surface area (Å²) in [5.41, 5.74) is -0.609. The molecule has 4 rings (SSSR count). The highest BCUT2D eigenvalue weighted by Crippen LogP contribution is 2.55. The Balaban J connectivity index is 2.05. The molecule has 37 heavy (non-hydrogen) atoms. The van der Waals surface area contributed by atoms with Crippen LogP contribution in [0.4, 0.5) is 0 Å². The smallest absolute Gasteiger partial charge is 0.324 e. The Kier molecular flexibility index (Phi) is 7.35. The number of carbonyl (C=O) groups excluding carboxylic acids is 2. The minimum absolute atomic E-state index is 0.0775. The molecule has 0 saturated heterocycles. The Morgan fingerprint density at radius 3 is 2.22 bits per heavy atom. The Labute approximate surface area is 215 Å². The third kappa shape index (κ3) is 4.33. The largest absolute Gasteiger partial charge is 0.497 e. The van der Waals surface area contributed by atoms with Crippen molar-refractivity contribution in [2.45, 2.75) is 18.4 Å². The van der Waals surface area contributed by atoms with Gasteiger partial charge in [-0.15, -0.1) is 0 Å². The van der Waals surface area contributed by atoms with E-state index in [0.29, 0.717) is 22.6 Å². The summed E-state index contributed by atoms with van der Waals surface area (Å²) in [7, 11) is 4.48. The number of benzene rings is 3. The number of hydrogen-bond donors (Lipinski definition) is 0. The SMILES string of the molecule is CCOC(=O)C(C#N)C(c1ccccc1)[C@]1(c2ccc(OC)cc2)Oc2cc(OC)cc(OC)c2C1=O. The molecule has 0 amide bonds. The van der Waals surface area contributed by atoms with Crippen molar-refractivity contribution in [3.05, 3.63) is 83.4 Å². The average Bonchev–Trinajstić information content (AvgIpc) is 3.24. The van der Waals surface area contributed by atoms with Crippen LogP contribution < -0.4 is 18.9 Å². The number of rotatable bonds is 9. The fourth-order valence-corrected chi connectivity index (χ4v) is 4.78. The summed E-state index contributed by atoms with van der Waals surface area (Å²) < 4.78 is 28.1. The van der Waals surface area contributed by atoms with Crippen LogP contribution >= 0.6 is 0 Å². The summed E-state index contributed by atoms with van der Waals surface area (Å²) in [5.74, 6) is -2.16. The molecule has 2 unspecified atom stereocenters. The van der Waals surface area contributed by atoms with E-state index in [1.165, 1.54) is 21.3 Å². The molecule has 3 atom stereocenters. The van der Waals surface area contributed by atoms with Crippen LogP contribution in [0.2, 0.25) is 0 Å². The van der Waals surface area contributed by atoms with Gasteiger partial charge in [0.15, 0.2) is 5.92 Å². The van der Waals surface area contributed by atoms with Crippen LogP contribution in [0.25, 0.3) is 0 Å². The molecule has 0 aliphatic carbocycles. The second kappa shape index (κ2) is 10.6. The number of carbonyl (C=O) groups is 2. The number of ketones is 1. The van der Waals surface area contributed by atoms with Crippen molar-refractivity contribution in [3.63, 3.8) is 0 Å². The second-order valence-corrected chi connectivity index (χ2v) is 8.35. The van der Waals surface area contributed by atoms with Gasteiger partial charge in [0.2, 0.25) is 11.4 Å². The highest BCUT2D eigenvalue weighted by Gasteiger charge is 2.60. The maximum Gasteiger partial charge on any atom is 0.324 e. The van der Waals surface area contributed by atoms with Crippen LogP contribution in [0.15, 0.2) is 66.7 Å². The molecule has 0 radical (unpaired) electrons. The van der Waals surface area contributed by atoms with Gasteiger partial charge in [0.05, 0.1) is 39.9 Å². The van der Waals surface area contributed by atoms with Gasteiger partial charge in [-0.05, 0) is 24.6 Å². The lowest BCUT2D eigenvalue weighted by Crippen LogP contribution is -2.47. The van der Waals surface area contributed by atoms with Crippen molar-refractivity contribution in [2.75, 3.05) is 27.9 Å². The van der Waals surface area contributed by atoms with E-state index in [0.717, 1.165) is 0 Å². The van der Waals surface area contributed by atoms with E-state index in [9.17, 15) is 14.9 Å². The van der Waals surface area contributed by atoms with E-state index >= 15 is 0 Å². The van der Waals surface area contributed by atoms with Crippen LogP contribution in [-0.2, 0) is 15.1 Å². The van der Waals surface area contributed by atoms with Crippen molar-refractivity contribution in [1.82, 2.24) is 0 Å². The summed E-state index contributed by atoms with van der Waals surface area (Å²) in [6.07, 6.45) is 0. The maximum absolute atomic E-state index is 14.5. The van der Waals surface area contributed by atoms with Gasteiger partial charge < -0.3 is 23.7 Å². The fraction of sp³-hybridized carbons (Fsp3) is 0.276. The third-order valence-corrected chi connectivity index (χ3v) is 6.46. The lowest BCUT2D eigenvalue weighted by Gasteiger charge is -2.37. The molecule has 8 heteroatoms. The van der Waals surface area contributed by atoms with Crippen LogP contribution in [0, 0.1) is 17.2 Å². The van der Waals surface area contributed by atoms with E-state index in [2.05, 4.69) is 6.07 Å². The van der Waals surface area contributed by atoms with Crippen molar-refractivity contribution >= 4 is 11.8 Å². The highest BCUT2D eigenvalue weighted by atomic mass is 16.5. The molecule has 0 aromatic heterocycles. The molecule has 190 valence electrons. The first-order valence-corrected chi connectivity index (χ1v) is 11.7. The lowest BCUT2D eigenvalue weighted by molar-refractivity contribution is -0.148. The molecule has 0 spiro atoms. The van der Waals surface area contributed by atoms with Gasteiger partial charge >= 0.3 is 5.97 Å². The van der Waals surface area contributed by atoms with Crippen molar-refractivity contribution in [1.29, 1.82) is 5.26 Å². The van der Waals surface area contributed by atoms with Crippen LogP contribution in [0.3, 0.4) is 0 Å². The van der Waals surface area contributed by atoms with Gasteiger partial charge in [-0.25, -0.2) is 0 Å².